The number of hydrogen-bond donors (Lipinski definition) is 0. The molecule has 0 aliphatic heterocycles. The topological polar surface area (TPSA) is 70.6 Å². The van der Waals surface area contributed by atoms with Gasteiger partial charge in [-0.15, -0.1) is 17.9 Å². The van der Waals surface area contributed by atoms with Crippen molar-refractivity contribution in [3.05, 3.63) is 83.3 Å². The monoisotopic (exact) mass is 447 g/mol. The predicted octanol–water partition coefficient (Wildman–Crippen LogP) is 4.45. The molecule has 0 bridgehead atoms. The third-order valence-electron chi connectivity index (χ3n) is 4.10. The maximum Gasteiger partial charge on any atom is 0.264 e. The van der Waals surface area contributed by atoms with Crippen molar-refractivity contribution in [2.24, 2.45) is 0 Å². The van der Waals surface area contributed by atoms with Crippen molar-refractivity contribution in [1.82, 2.24) is 4.98 Å². The van der Waals surface area contributed by atoms with Crippen LogP contribution >= 0.6 is 22.9 Å². The lowest BCUT2D eigenvalue weighted by Gasteiger charge is -2.24. The molecule has 0 fully saturated rings. The first-order chi connectivity index (χ1) is 13.9. The van der Waals surface area contributed by atoms with E-state index in [-0.39, 0.29) is 22.9 Å². The molecule has 2 aromatic carbocycles. The Kier molecular flexibility index (Phi) is 6.36. The van der Waals surface area contributed by atoms with Crippen molar-refractivity contribution in [2.45, 2.75) is 4.90 Å². The summed E-state index contributed by atoms with van der Waals surface area (Å²) in [6, 6.07) is 12.6. The Morgan fingerprint density at radius 2 is 2.00 bits per heavy atom. The number of anilines is 2. The van der Waals surface area contributed by atoms with Gasteiger partial charge in [-0.3, -0.25) is 14.0 Å². The zero-order valence-electron chi connectivity index (χ0n) is 15.5. The summed E-state index contributed by atoms with van der Waals surface area (Å²) in [6.07, 6.45) is 3.08. The molecule has 0 aliphatic carbocycles. The normalized spacial score (nSPS) is 11.1. The molecule has 29 heavy (non-hydrogen) atoms. The van der Waals surface area contributed by atoms with Crippen LogP contribution in [-0.4, -0.2) is 32.9 Å². The molecule has 1 aromatic heterocycles. The first-order valence-corrected chi connectivity index (χ1v) is 11.2. The number of para-hydroxylation sites is 1. The molecule has 3 aromatic rings. The van der Waals surface area contributed by atoms with E-state index in [1.54, 1.807) is 49.0 Å². The van der Waals surface area contributed by atoms with Gasteiger partial charge in [0.25, 0.3) is 15.9 Å². The Morgan fingerprint density at radius 3 is 2.66 bits per heavy atom. The summed E-state index contributed by atoms with van der Waals surface area (Å²) >= 11 is 7.54. The second-order valence-electron chi connectivity index (χ2n) is 5.98. The number of benzene rings is 2. The van der Waals surface area contributed by atoms with E-state index in [1.807, 2.05) is 0 Å². The van der Waals surface area contributed by atoms with E-state index >= 15 is 0 Å². The molecule has 0 aliphatic rings. The number of aromatic nitrogens is 1. The number of thiazole rings is 1. The fourth-order valence-corrected chi connectivity index (χ4v) is 5.07. The van der Waals surface area contributed by atoms with E-state index in [9.17, 15) is 13.2 Å². The SMILES string of the molecule is C=CCN(c1ccccc1Cl)S(=O)(=O)c1cccc(C(=O)N(C)c2nccs2)c1. The van der Waals surface area contributed by atoms with Crippen LogP contribution < -0.4 is 9.21 Å². The van der Waals surface area contributed by atoms with E-state index in [4.69, 9.17) is 11.6 Å². The summed E-state index contributed by atoms with van der Waals surface area (Å²) in [7, 11) is -2.39. The second-order valence-corrected chi connectivity index (χ2v) is 9.13. The molecule has 6 nitrogen and oxygen atoms in total. The van der Waals surface area contributed by atoms with Gasteiger partial charge in [-0.2, -0.15) is 0 Å². The van der Waals surface area contributed by atoms with Crippen molar-refractivity contribution in [3.63, 3.8) is 0 Å². The van der Waals surface area contributed by atoms with Crippen LogP contribution in [0.15, 0.2) is 77.7 Å². The van der Waals surface area contributed by atoms with Crippen molar-refractivity contribution in [2.75, 3.05) is 22.8 Å². The summed E-state index contributed by atoms with van der Waals surface area (Å²) in [5, 5.41) is 2.58. The van der Waals surface area contributed by atoms with E-state index < -0.39 is 10.0 Å². The quantitative estimate of drug-likeness (QED) is 0.501. The smallest absolute Gasteiger partial charge is 0.264 e. The number of sulfonamides is 1. The molecule has 0 N–H and O–H groups in total. The van der Waals surface area contributed by atoms with Crippen molar-refractivity contribution >= 4 is 49.7 Å². The predicted molar refractivity (Wildman–Crippen MR) is 117 cm³/mol. The maximum atomic E-state index is 13.3. The van der Waals surface area contributed by atoms with Gasteiger partial charge in [-0.05, 0) is 30.3 Å². The van der Waals surface area contributed by atoms with Gasteiger partial charge in [0.15, 0.2) is 5.13 Å². The number of rotatable bonds is 7. The lowest BCUT2D eigenvalue weighted by molar-refractivity contribution is 0.0992. The minimum Gasteiger partial charge on any atom is -0.287 e. The van der Waals surface area contributed by atoms with E-state index in [2.05, 4.69) is 11.6 Å². The lowest BCUT2D eigenvalue weighted by atomic mass is 10.2. The van der Waals surface area contributed by atoms with Gasteiger partial charge in [0, 0.05) is 24.2 Å². The fraction of sp³-hybridized carbons (Fsp3) is 0.100. The van der Waals surface area contributed by atoms with Crippen LogP contribution in [0, 0.1) is 0 Å². The van der Waals surface area contributed by atoms with E-state index in [0.717, 1.165) is 4.31 Å². The molecule has 9 heteroatoms. The molecular formula is C20H18ClN3O3S2. The third-order valence-corrected chi connectivity index (χ3v) is 7.04. The fourth-order valence-electron chi connectivity index (χ4n) is 2.68. The van der Waals surface area contributed by atoms with Gasteiger partial charge >= 0.3 is 0 Å². The van der Waals surface area contributed by atoms with Crippen LogP contribution in [0.2, 0.25) is 5.02 Å². The van der Waals surface area contributed by atoms with Crippen LogP contribution in [0.3, 0.4) is 0 Å². The van der Waals surface area contributed by atoms with Crippen LogP contribution in [0.5, 0.6) is 0 Å². The molecule has 0 unspecified atom stereocenters. The Hall–Kier alpha value is -2.68. The molecule has 150 valence electrons. The lowest BCUT2D eigenvalue weighted by Crippen LogP contribution is -2.32. The van der Waals surface area contributed by atoms with Gasteiger partial charge in [0.2, 0.25) is 0 Å². The highest BCUT2D eigenvalue weighted by atomic mass is 35.5. The standard InChI is InChI=1S/C20H18ClN3O3S2/c1-3-12-24(18-10-5-4-9-17(18)21)29(26,27)16-8-6-7-15(14-16)19(25)23(2)20-22-11-13-28-20/h3-11,13-14H,1,12H2,2H3. The molecule has 3 rings (SSSR count). The highest BCUT2D eigenvalue weighted by Crippen LogP contribution is 2.30. The average Bonchev–Trinajstić information content (AvgIpc) is 3.26. The number of halogens is 1. The molecular weight excluding hydrogens is 430 g/mol. The average molecular weight is 448 g/mol. The summed E-state index contributed by atoms with van der Waals surface area (Å²) < 4.78 is 27.8. The van der Waals surface area contributed by atoms with E-state index in [1.165, 1.54) is 40.5 Å². The molecule has 0 atom stereocenters. The minimum atomic E-state index is -3.98. The van der Waals surface area contributed by atoms with Crippen LogP contribution in [0.4, 0.5) is 10.8 Å². The number of amides is 1. The van der Waals surface area contributed by atoms with Crippen molar-refractivity contribution in [3.8, 4) is 0 Å². The van der Waals surface area contributed by atoms with Gasteiger partial charge in [-0.1, -0.05) is 35.9 Å². The Bertz CT molecular complexity index is 1130. The first-order valence-electron chi connectivity index (χ1n) is 8.52. The maximum absolute atomic E-state index is 13.3. The molecule has 0 saturated carbocycles. The molecule has 1 heterocycles. The summed E-state index contributed by atoms with van der Waals surface area (Å²) in [5.74, 6) is -0.356. The largest absolute Gasteiger partial charge is 0.287 e. The zero-order valence-corrected chi connectivity index (χ0v) is 17.9. The van der Waals surface area contributed by atoms with Gasteiger partial charge in [0.1, 0.15) is 0 Å². The Labute approximate surface area is 178 Å². The number of carbonyl (C=O) groups excluding carboxylic acids is 1. The third kappa shape index (κ3) is 4.34. The highest BCUT2D eigenvalue weighted by molar-refractivity contribution is 7.92. The van der Waals surface area contributed by atoms with Crippen LogP contribution in [-0.2, 0) is 10.0 Å². The number of nitrogens with zero attached hydrogens (tertiary/aromatic N) is 3. The van der Waals surface area contributed by atoms with E-state index in [0.29, 0.717) is 15.8 Å². The number of hydrogen-bond acceptors (Lipinski definition) is 5. The summed E-state index contributed by atoms with van der Waals surface area (Å²) in [6.45, 7) is 3.68. The summed E-state index contributed by atoms with van der Waals surface area (Å²) in [5.41, 5.74) is 0.576. The van der Waals surface area contributed by atoms with Crippen molar-refractivity contribution in [1.29, 1.82) is 0 Å². The van der Waals surface area contributed by atoms with Crippen molar-refractivity contribution < 1.29 is 13.2 Å². The minimum absolute atomic E-state index is 0.0161. The molecule has 1 amide bonds. The first kappa shape index (κ1) is 21.0. The van der Waals surface area contributed by atoms with Crippen LogP contribution in [0.25, 0.3) is 0 Å². The molecule has 0 saturated heterocycles. The molecule has 0 spiro atoms. The Balaban J connectivity index is 2.00. The van der Waals surface area contributed by atoms with Gasteiger partial charge < -0.3 is 0 Å². The van der Waals surface area contributed by atoms with Crippen LogP contribution in [0.1, 0.15) is 10.4 Å². The van der Waals surface area contributed by atoms with Gasteiger partial charge in [-0.25, -0.2) is 13.4 Å². The molecule has 0 radical (unpaired) electrons. The highest BCUT2D eigenvalue weighted by Gasteiger charge is 2.27. The summed E-state index contributed by atoms with van der Waals surface area (Å²) in [4.78, 5) is 18.3. The second kappa shape index (κ2) is 8.77. The number of carbonyl (C=O) groups is 1. The Morgan fingerprint density at radius 1 is 1.24 bits per heavy atom. The van der Waals surface area contributed by atoms with Gasteiger partial charge in [0.05, 0.1) is 22.2 Å². The zero-order chi connectivity index (χ0) is 21.0.